The van der Waals surface area contributed by atoms with Gasteiger partial charge in [0.25, 0.3) is 0 Å². The minimum atomic E-state index is 0.625. The van der Waals surface area contributed by atoms with Gasteiger partial charge in [-0.25, -0.2) is 0 Å². The zero-order chi connectivity index (χ0) is 15.0. The van der Waals surface area contributed by atoms with Crippen LogP contribution in [0.1, 0.15) is 19.3 Å². The lowest BCUT2D eigenvalue weighted by Gasteiger charge is -2.27. The van der Waals surface area contributed by atoms with Crippen LogP contribution in [-0.2, 0) is 9.53 Å². The van der Waals surface area contributed by atoms with Gasteiger partial charge in [-0.2, -0.15) is 0 Å². The molecule has 1 heterocycles. The number of ether oxygens (including phenoxy) is 1. The molecule has 0 spiro atoms. The van der Waals surface area contributed by atoms with Gasteiger partial charge in [0.05, 0.1) is 7.11 Å². The maximum Gasteiger partial charge on any atom is 0.151 e. The standard InChI is InChI=1S/C16H26N2O2/c1-14(20-4)16(10-15(13-19)11-17(2)3)12-18-8-6-5-7-9-18/h10-11,13H,1,5-9,12H2,2-4H3/b15-11-,16-10-. The summed E-state index contributed by atoms with van der Waals surface area (Å²) in [6.45, 7) is 6.91. The third kappa shape index (κ3) is 5.61. The predicted octanol–water partition coefficient (Wildman–Crippen LogP) is 2.20. The molecule has 0 aromatic heterocycles. The summed E-state index contributed by atoms with van der Waals surface area (Å²) >= 11 is 0. The molecule has 1 rings (SSSR count). The van der Waals surface area contributed by atoms with Crippen LogP contribution in [0.4, 0.5) is 0 Å². The first kappa shape index (κ1) is 16.5. The van der Waals surface area contributed by atoms with Crippen molar-refractivity contribution in [2.45, 2.75) is 19.3 Å². The van der Waals surface area contributed by atoms with E-state index in [0.29, 0.717) is 11.3 Å². The van der Waals surface area contributed by atoms with Crippen LogP contribution in [-0.4, -0.2) is 56.9 Å². The first-order chi connectivity index (χ1) is 9.56. The Kier molecular flexibility index (Phi) is 7.09. The Balaban J connectivity index is 2.86. The van der Waals surface area contributed by atoms with Crippen LogP contribution in [0.2, 0.25) is 0 Å². The molecular weight excluding hydrogens is 252 g/mol. The molecule has 1 aliphatic rings. The highest BCUT2D eigenvalue weighted by atomic mass is 16.5. The van der Waals surface area contributed by atoms with Crippen LogP contribution < -0.4 is 0 Å². The van der Waals surface area contributed by atoms with Gasteiger partial charge in [-0.05, 0) is 32.0 Å². The molecule has 0 aromatic carbocycles. The highest BCUT2D eigenvalue weighted by molar-refractivity contribution is 5.78. The molecule has 0 aliphatic carbocycles. The smallest absolute Gasteiger partial charge is 0.151 e. The third-order valence-corrected chi connectivity index (χ3v) is 3.33. The molecule has 0 bridgehead atoms. The number of aldehydes is 1. The summed E-state index contributed by atoms with van der Waals surface area (Å²) < 4.78 is 5.26. The molecule has 20 heavy (non-hydrogen) atoms. The Labute approximate surface area is 122 Å². The number of hydrogen-bond donors (Lipinski definition) is 0. The molecule has 4 heteroatoms. The first-order valence-corrected chi connectivity index (χ1v) is 7.06. The number of piperidine rings is 1. The van der Waals surface area contributed by atoms with Gasteiger partial charge in [-0.15, -0.1) is 0 Å². The van der Waals surface area contributed by atoms with Crippen molar-refractivity contribution in [2.24, 2.45) is 0 Å². The third-order valence-electron chi connectivity index (χ3n) is 3.33. The molecule has 0 N–H and O–H groups in total. The average Bonchev–Trinajstić information content (AvgIpc) is 2.45. The highest BCUT2D eigenvalue weighted by Gasteiger charge is 2.14. The molecule has 1 aliphatic heterocycles. The van der Waals surface area contributed by atoms with Crippen molar-refractivity contribution in [2.75, 3.05) is 40.8 Å². The summed E-state index contributed by atoms with van der Waals surface area (Å²) in [6.07, 6.45) is 8.31. The van der Waals surface area contributed by atoms with E-state index in [1.54, 1.807) is 13.3 Å². The number of carbonyl (C=O) groups is 1. The van der Waals surface area contributed by atoms with Crippen molar-refractivity contribution in [1.29, 1.82) is 0 Å². The summed E-state index contributed by atoms with van der Waals surface area (Å²) in [4.78, 5) is 15.4. The second-order valence-corrected chi connectivity index (χ2v) is 5.34. The van der Waals surface area contributed by atoms with Crippen LogP contribution in [0, 0.1) is 0 Å². The van der Waals surface area contributed by atoms with E-state index in [-0.39, 0.29) is 0 Å². The van der Waals surface area contributed by atoms with Gasteiger partial charge >= 0.3 is 0 Å². The van der Waals surface area contributed by atoms with E-state index in [2.05, 4.69) is 11.5 Å². The molecule has 1 fully saturated rings. The number of nitrogens with zero attached hydrogens (tertiary/aromatic N) is 2. The molecule has 0 atom stereocenters. The lowest BCUT2D eigenvalue weighted by atomic mass is 10.1. The van der Waals surface area contributed by atoms with E-state index in [0.717, 1.165) is 31.5 Å². The Morgan fingerprint density at radius 2 is 1.95 bits per heavy atom. The van der Waals surface area contributed by atoms with Crippen molar-refractivity contribution in [1.82, 2.24) is 9.80 Å². The predicted molar refractivity (Wildman–Crippen MR) is 82.4 cm³/mol. The fraction of sp³-hybridized carbons (Fsp3) is 0.562. The largest absolute Gasteiger partial charge is 0.497 e. The number of methoxy groups -OCH3 is 1. The van der Waals surface area contributed by atoms with Gasteiger partial charge in [-0.1, -0.05) is 13.0 Å². The van der Waals surface area contributed by atoms with Gasteiger partial charge in [0.2, 0.25) is 0 Å². The van der Waals surface area contributed by atoms with E-state index in [4.69, 9.17) is 4.74 Å². The van der Waals surface area contributed by atoms with E-state index in [1.807, 2.05) is 25.1 Å². The van der Waals surface area contributed by atoms with Crippen LogP contribution in [0.3, 0.4) is 0 Å². The normalized spacial score (nSPS) is 17.8. The fourth-order valence-electron chi connectivity index (χ4n) is 2.30. The highest BCUT2D eigenvalue weighted by Crippen LogP contribution is 2.17. The van der Waals surface area contributed by atoms with E-state index in [1.165, 1.54) is 19.3 Å². The zero-order valence-electron chi connectivity index (χ0n) is 12.9. The second kappa shape index (κ2) is 8.59. The fourth-order valence-corrected chi connectivity index (χ4v) is 2.30. The Hall–Kier alpha value is -1.55. The molecule has 0 aromatic rings. The lowest BCUT2D eigenvalue weighted by Crippen LogP contribution is -2.32. The number of carbonyl (C=O) groups excluding carboxylic acids is 1. The molecular formula is C16H26N2O2. The Morgan fingerprint density at radius 1 is 1.30 bits per heavy atom. The topological polar surface area (TPSA) is 32.8 Å². The van der Waals surface area contributed by atoms with E-state index >= 15 is 0 Å². The molecule has 0 saturated carbocycles. The molecule has 0 radical (unpaired) electrons. The van der Waals surface area contributed by atoms with Crippen LogP contribution in [0.5, 0.6) is 0 Å². The van der Waals surface area contributed by atoms with Crippen molar-refractivity contribution in [3.63, 3.8) is 0 Å². The quantitative estimate of drug-likeness (QED) is 0.309. The number of likely N-dealkylation sites (tertiary alicyclic amines) is 1. The average molecular weight is 278 g/mol. The molecule has 0 amide bonds. The lowest BCUT2D eigenvalue weighted by molar-refractivity contribution is -0.104. The molecule has 112 valence electrons. The molecule has 4 nitrogen and oxygen atoms in total. The second-order valence-electron chi connectivity index (χ2n) is 5.34. The minimum Gasteiger partial charge on any atom is -0.497 e. The van der Waals surface area contributed by atoms with E-state index in [9.17, 15) is 4.79 Å². The molecule has 1 saturated heterocycles. The maximum atomic E-state index is 11.2. The SMILES string of the molecule is C=C(OC)/C(=C\C(C=O)=C\N(C)C)CN1CCCCC1. The minimum absolute atomic E-state index is 0.625. The van der Waals surface area contributed by atoms with Crippen molar-refractivity contribution in [3.05, 3.63) is 35.8 Å². The van der Waals surface area contributed by atoms with E-state index < -0.39 is 0 Å². The Morgan fingerprint density at radius 3 is 2.45 bits per heavy atom. The summed E-state index contributed by atoms with van der Waals surface area (Å²) in [7, 11) is 5.40. The first-order valence-electron chi connectivity index (χ1n) is 7.06. The van der Waals surface area contributed by atoms with Gasteiger partial charge in [-0.3, -0.25) is 9.69 Å². The monoisotopic (exact) mass is 278 g/mol. The van der Waals surface area contributed by atoms with Crippen molar-refractivity contribution >= 4 is 6.29 Å². The maximum absolute atomic E-state index is 11.2. The van der Waals surface area contributed by atoms with Gasteiger partial charge in [0.15, 0.2) is 6.29 Å². The van der Waals surface area contributed by atoms with Gasteiger partial charge in [0.1, 0.15) is 5.76 Å². The van der Waals surface area contributed by atoms with Crippen LogP contribution in [0.15, 0.2) is 35.8 Å². The number of hydrogen-bond acceptors (Lipinski definition) is 4. The van der Waals surface area contributed by atoms with Crippen LogP contribution >= 0.6 is 0 Å². The van der Waals surface area contributed by atoms with Crippen LogP contribution in [0.25, 0.3) is 0 Å². The number of rotatable bonds is 7. The zero-order valence-corrected chi connectivity index (χ0v) is 12.9. The summed E-state index contributed by atoms with van der Waals surface area (Å²) in [5.74, 6) is 0.627. The Bertz CT molecular complexity index is 391. The van der Waals surface area contributed by atoms with Crippen molar-refractivity contribution in [3.8, 4) is 0 Å². The summed E-state index contributed by atoms with van der Waals surface area (Å²) in [6, 6.07) is 0. The summed E-state index contributed by atoms with van der Waals surface area (Å²) in [5.41, 5.74) is 1.59. The molecule has 0 unspecified atom stereocenters. The van der Waals surface area contributed by atoms with Gasteiger partial charge < -0.3 is 9.64 Å². The number of allylic oxidation sites excluding steroid dienone is 2. The van der Waals surface area contributed by atoms with Crippen molar-refractivity contribution < 1.29 is 9.53 Å². The van der Waals surface area contributed by atoms with Gasteiger partial charge in [0, 0.05) is 38.0 Å². The summed E-state index contributed by atoms with van der Waals surface area (Å²) in [5, 5.41) is 0.